The quantitative estimate of drug-likeness (QED) is 0.887. The summed E-state index contributed by atoms with van der Waals surface area (Å²) < 4.78 is 5.16. The van der Waals surface area contributed by atoms with Crippen LogP contribution in [0.3, 0.4) is 0 Å². The van der Waals surface area contributed by atoms with Crippen LogP contribution < -0.4 is 5.32 Å². The summed E-state index contributed by atoms with van der Waals surface area (Å²) >= 11 is 0. The van der Waals surface area contributed by atoms with Gasteiger partial charge in [-0.2, -0.15) is 4.98 Å². The zero-order chi connectivity index (χ0) is 16.1. The molecule has 2 aromatic rings. The number of likely N-dealkylation sites (tertiary alicyclic amines) is 1. The highest BCUT2D eigenvalue weighted by atomic mass is 16.5. The van der Waals surface area contributed by atoms with Crippen molar-refractivity contribution in [2.45, 2.75) is 39.3 Å². The maximum absolute atomic E-state index is 5.16. The van der Waals surface area contributed by atoms with E-state index in [-0.39, 0.29) is 0 Å². The van der Waals surface area contributed by atoms with Crippen molar-refractivity contribution in [3.05, 3.63) is 47.6 Å². The van der Waals surface area contributed by atoms with Crippen molar-refractivity contribution in [1.82, 2.24) is 20.4 Å². The molecule has 3 rings (SSSR count). The molecule has 124 valence electrons. The van der Waals surface area contributed by atoms with Gasteiger partial charge in [-0.1, -0.05) is 42.4 Å². The third-order valence-corrected chi connectivity index (χ3v) is 4.33. The molecule has 1 aliphatic heterocycles. The molecule has 2 heterocycles. The third kappa shape index (κ3) is 4.88. The van der Waals surface area contributed by atoms with E-state index >= 15 is 0 Å². The number of aryl methyl sites for hydroxylation is 1. The molecule has 1 N–H and O–H groups in total. The average Bonchev–Trinajstić information content (AvgIpc) is 2.93. The molecule has 1 fully saturated rings. The lowest BCUT2D eigenvalue weighted by Crippen LogP contribution is -2.48. The summed E-state index contributed by atoms with van der Waals surface area (Å²) in [7, 11) is 0. The van der Waals surface area contributed by atoms with Crippen molar-refractivity contribution in [2.75, 3.05) is 19.6 Å². The predicted octanol–water partition coefficient (Wildman–Crippen LogP) is 2.42. The number of aromatic nitrogens is 2. The second-order valence-electron chi connectivity index (χ2n) is 6.66. The van der Waals surface area contributed by atoms with E-state index in [0.29, 0.717) is 11.9 Å². The van der Waals surface area contributed by atoms with Crippen molar-refractivity contribution >= 4 is 0 Å². The number of nitrogens with zero attached hydrogens (tertiary/aromatic N) is 3. The van der Waals surface area contributed by atoms with E-state index in [0.717, 1.165) is 37.9 Å². The van der Waals surface area contributed by atoms with Gasteiger partial charge < -0.3 is 9.84 Å². The maximum atomic E-state index is 5.16. The predicted molar refractivity (Wildman–Crippen MR) is 90.0 cm³/mol. The molecule has 1 aliphatic rings. The van der Waals surface area contributed by atoms with Crippen molar-refractivity contribution in [3.8, 4) is 0 Å². The summed E-state index contributed by atoms with van der Waals surface area (Å²) in [4.78, 5) is 6.80. The molecule has 1 aromatic heterocycles. The Balaban J connectivity index is 1.47. The van der Waals surface area contributed by atoms with Crippen LogP contribution in [0.15, 0.2) is 34.9 Å². The highest BCUT2D eigenvalue weighted by Gasteiger charge is 2.24. The molecule has 5 heteroatoms. The molecule has 1 aromatic carbocycles. The zero-order valence-corrected chi connectivity index (χ0v) is 14.0. The van der Waals surface area contributed by atoms with E-state index in [1.165, 1.54) is 18.5 Å². The van der Waals surface area contributed by atoms with Crippen LogP contribution in [0.5, 0.6) is 0 Å². The van der Waals surface area contributed by atoms with E-state index in [4.69, 9.17) is 4.52 Å². The van der Waals surface area contributed by atoms with Gasteiger partial charge in [-0.05, 0) is 24.8 Å². The SMILES string of the molecule is Cc1noc(CCN[C@H]2C[C@@H](C)CN(Cc3ccccc3)C2)n1. The van der Waals surface area contributed by atoms with E-state index in [1.807, 2.05) is 6.92 Å². The number of benzene rings is 1. The molecule has 1 saturated heterocycles. The highest BCUT2D eigenvalue weighted by Crippen LogP contribution is 2.18. The molecule has 2 atom stereocenters. The molecule has 0 aliphatic carbocycles. The molecule has 0 bridgehead atoms. The summed E-state index contributed by atoms with van der Waals surface area (Å²) in [5.41, 5.74) is 1.39. The Labute approximate surface area is 138 Å². The van der Waals surface area contributed by atoms with Crippen LogP contribution in [0.4, 0.5) is 0 Å². The summed E-state index contributed by atoms with van der Waals surface area (Å²) in [6, 6.07) is 11.3. The van der Waals surface area contributed by atoms with Crippen molar-refractivity contribution in [1.29, 1.82) is 0 Å². The molecule has 5 nitrogen and oxygen atoms in total. The Morgan fingerprint density at radius 1 is 1.26 bits per heavy atom. The lowest BCUT2D eigenvalue weighted by molar-refractivity contribution is 0.142. The fraction of sp³-hybridized carbons (Fsp3) is 0.556. The maximum Gasteiger partial charge on any atom is 0.227 e. The van der Waals surface area contributed by atoms with Gasteiger partial charge >= 0.3 is 0 Å². The minimum Gasteiger partial charge on any atom is -0.339 e. The molecule has 0 radical (unpaired) electrons. The second kappa shape index (κ2) is 7.70. The lowest BCUT2D eigenvalue weighted by Gasteiger charge is -2.37. The molecular weight excluding hydrogens is 288 g/mol. The Hall–Kier alpha value is -1.72. The van der Waals surface area contributed by atoms with Crippen LogP contribution in [0.2, 0.25) is 0 Å². The van der Waals surface area contributed by atoms with Crippen LogP contribution in [-0.2, 0) is 13.0 Å². The van der Waals surface area contributed by atoms with Gasteiger partial charge in [0.15, 0.2) is 5.82 Å². The first-order valence-corrected chi connectivity index (χ1v) is 8.48. The van der Waals surface area contributed by atoms with Crippen LogP contribution in [0.25, 0.3) is 0 Å². The van der Waals surface area contributed by atoms with Crippen LogP contribution in [-0.4, -0.2) is 40.7 Å². The first-order valence-electron chi connectivity index (χ1n) is 8.48. The van der Waals surface area contributed by atoms with E-state index in [2.05, 4.69) is 57.6 Å². The highest BCUT2D eigenvalue weighted by molar-refractivity contribution is 5.14. The van der Waals surface area contributed by atoms with Crippen LogP contribution in [0.1, 0.15) is 30.6 Å². The van der Waals surface area contributed by atoms with Crippen molar-refractivity contribution < 1.29 is 4.52 Å². The van der Waals surface area contributed by atoms with Gasteiger partial charge in [-0.15, -0.1) is 0 Å². The van der Waals surface area contributed by atoms with Gasteiger partial charge in [0.05, 0.1) is 0 Å². The summed E-state index contributed by atoms with van der Waals surface area (Å²) in [6.07, 6.45) is 2.03. The van der Waals surface area contributed by atoms with Gasteiger partial charge in [-0.3, -0.25) is 4.90 Å². The first-order chi connectivity index (χ1) is 11.2. The molecule has 0 unspecified atom stereocenters. The molecule has 23 heavy (non-hydrogen) atoms. The Morgan fingerprint density at radius 2 is 2.09 bits per heavy atom. The minimum atomic E-state index is 0.534. The standard InChI is InChI=1S/C18H26N4O/c1-14-10-17(19-9-8-18-20-15(2)21-23-18)13-22(11-14)12-16-6-4-3-5-7-16/h3-7,14,17,19H,8-13H2,1-2H3/t14-,17+/m1/s1. The summed E-state index contributed by atoms with van der Waals surface area (Å²) in [5.74, 6) is 2.15. The van der Waals surface area contributed by atoms with Crippen LogP contribution >= 0.6 is 0 Å². The first kappa shape index (κ1) is 16.1. The molecule has 0 amide bonds. The lowest BCUT2D eigenvalue weighted by atomic mass is 9.95. The van der Waals surface area contributed by atoms with E-state index < -0.39 is 0 Å². The third-order valence-electron chi connectivity index (χ3n) is 4.33. The second-order valence-corrected chi connectivity index (χ2v) is 6.66. The fourth-order valence-electron chi connectivity index (χ4n) is 3.41. The van der Waals surface area contributed by atoms with Crippen molar-refractivity contribution in [2.24, 2.45) is 5.92 Å². The topological polar surface area (TPSA) is 54.2 Å². The molecule has 0 spiro atoms. The minimum absolute atomic E-state index is 0.534. The Morgan fingerprint density at radius 3 is 2.83 bits per heavy atom. The average molecular weight is 314 g/mol. The smallest absolute Gasteiger partial charge is 0.227 e. The van der Waals surface area contributed by atoms with Gasteiger partial charge in [0.2, 0.25) is 5.89 Å². The molecular formula is C18H26N4O. The normalized spacial score (nSPS) is 22.3. The van der Waals surface area contributed by atoms with Gasteiger partial charge in [0, 0.05) is 38.6 Å². The van der Waals surface area contributed by atoms with Gasteiger partial charge in [0.25, 0.3) is 0 Å². The monoisotopic (exact) mass is 314 g/mol. The summed E-state index contributed by atoms with van der Waals surface area (Å²) in [5, 5.41) is 7.49. The fourth-order valence-corrected chi connectivity index (χ4v) is 3.41. The molecule has 0 saturated carbocycles. The van der Waals surface area contributed by atoms with Crippen LogP contribution in [0, 0.1) is 12.8 Å². The number of rotatable bonds is 6. The number of nitrogens with one attached hydrogen (secondary N) is 1. The number of piperidine rings is 1. The zero-order valence-electron chi connectivity index (χ0n) is 14.0. The van der Waals surface area contributed by atoms with Gasteiger partial charge in [0.1, 0.15) is 0 Å². The van der Waals surface area contributed by atoms with E-state index in [1.54, 1.807) is 0 Å². The summed E-state index contributed by atoms with van der Waals surface area (Å²) in [6.45, 7) is 8.39. The largest absolute Gasteiger partial charge is 0.339 e. The Kier molecular flexibility index (Phi) is 5.41. The van der Waals surface area contributed by atoms with E-state index in [9.17, 15) is 0 Å². The van der Waals surface area contributed by atoms with Crippen molar-refractivity contribution in [3.63, 3.8) is 0 Å². The number of hydrogen-bond acceptors (Lipinski definition) is 5. The van der Waals surface area contributed by atoms with Gasteiger partial charge in [-0.25, -0.2) is 0 Å². The number of hydrogen-bond donors (Lipinski definition) is 1. The Bertz CT molecular complexity index is 598.